The fourth-order valence-electron chi connectivity index (χ4n) is 3.40. The van der Waals surface area contributed by atoms with E-state index in [0.29, 0.717) is 0 Å². The average molecular weight is 502 g/mol. The molecule has 1 saturated heterocycles. The topological polar surface area (TPSA) is 61.8 Å². The number of hydrogen-bond donors (Lipinski definition) is 1. The molecule has 1 aliphatic rings. The molecule has 1 aliphatic heterocycles. The van der Waals surface area contributed by atoms with Crippen LogP contribution in [-0.2, 0) is 22.3 Å². The van der Waals surface area contributed by atoms with Crippen LogP contribution in [0.2, 0.25) is 0 Å². The summed E-state index contributed by atoms with van der Waals surface area (Å²) in [5, 5.41) is 1.61. The van der Waals surface area contributed by atoms with Gasteiger partial charge in [0.15, 0.2) is 5.17 Å². The summed E-state index contributed by atoms with van der Waals surface area (Å²) in [7, 11) is 0. The quantitative estimate of drug-likeness (QED) is 0.436. The van der Waals surface area contributed by atoms with E-state index in [1.807, 2.05) is 6.07 Å². The van der Waals surface area contributed by atoms with Gasteiger partial charge in [0.1, 0.15) is 11.1 Å². The molecule has 1 fully saturated rings. The molecule has 35 heavy (non-hydrogen) atoms. The van der Waals surface area contributed by atoms with E-state index in [9.17, 15) is 27.2 Å². The van der Waals surface area contributed by atoms with Gasteiger partial charge >= 0.3 is 6.18 Å². The van der Waals surface area contributed by atoms with E-state index < -0.39 is 34.6 Å². The third-order valence-corrected chi connectivity index (χ3v) is 6.33. The second-order valence-corrected chi connectivity index (χ2v) is 8.86. The van der Waals surface area contributed by atoms with Gasteiger partial charge < -0.3 is 5.32 Å². The van der Waals surface area contributed by atoms with Crippen LogP contribution in [0.25, 0.3) is 0 Å². The molecule has 1 N–H and O–H groups in total. The first-order chi connectivity index (χ1) is 16.7. The Bertz CT molecular complexity index is 1260. The van der Waals surface area contributed by atoms with Crippen molar-refractivity contribution in [3.8, 4) is 0 Å². The highest BCUT2D eigenvalue weighted by molar-refractivity contribution is 8.15. The minimum absolute atomic E-state index is 0.0108. The lowest BCUT2D eigenvalue weighted by Crippen LogP contribution is -2.44. The van der Waals surface area contributed by atoms with Crippen LogP contribution in [0.5, 0.6) is 0 Å². The van der Waals surface area contributed by atoms with Gasteiger partial charge in [-0.25, -0.2) is 9.38 Å². The third-order valence-electron chi connectivity index (χ3n) is 5.15. The number of carbonyl (C=O) groups excluding carboxylic acids is 2. The summed E-state index contributed by atoms with van der Waals surface area (Å²) < 4.78 is 53.5. The van der Waals surface area contributed by atoms with Crippen molar-refractivity contribution < 1.29 is 27.2 Å². The van der Waals surface area contributed by atoms with E-state index in [4.69, 9.17) is 0 Å². The van der Waals surface area contributed by atoms with E-state index in [1.165, 1.54) is 35.2 Å². The fraction of sp³-hybridized carbons (Fsp3) is 0.160. The van der Waals surface area contributed by atoms with Gasteiger partial charge in [-0.15, -0.1) is 0 Å². The molecule has 0 aliphatic carbocycles. The standard InChI is InChI=1S/C25H19F4N3O2S/c26-19-11-4-5-12-20(19)31-23(34)21-14-22(33)32(15-16-7-2-1-3-8-16)24(35-21)30-18-10-6-9-17(13-18)25(27,28)29/h1-13,21H,14-15H2,(H,31,34). The van der Waals surface area contributed by atoms with E-state index in [-0.39, 0.29) is 29.5 Å². The van der Waals surface area contributed by atoms with Gasteiger partial charge in [0.05, 0.1) is 23.5 Å². The molecule has 0 bridgehead atoms. The number of aliphatic imine (C=N–C) groups is 1. The number of thioether (sulfide) groups is 1. The Kier molecular flexibility index (Phi) is 7.20. The number of alkyl halides is 3. The summed E-state index contributed by atoms with van der Waals surface area (Å²) in [6.07, 6.45) is -4.74. The lowest BCUT2D eigenvalue weighted by atomic mass is 10.2. The number of amides is 2. The van der Waals surface area contributed by atoms with Crippen molar-refractivity contribution >= 4 is 40.1 Å². The average Bonchev–Trinajstić information content (AvgIpc) is 2.83. The summed E-state index contributed by atoms with van der Waals surface area (Å²) in [6, 6.07) is 19.0. The number of para-hydroxylation sites is 1. The van der Waals surface area contributed by atoms with Crippen LogP contribution < -0.4 is 5.32 Å². The van der Waals surface area contributed by atoms with Crippen LogP contribution in [0.3, 0.4) is 0 Å². The fourth-order valence-corrected chi connectivity index (χ4v) is 4.50. The predicted octanol–water partition coefficient (Wildman–Crippen LogP) is 6.01. The number of halogens is 4. The minimum Gasteiger partial charge on any atom is -0.323 e. The molecule has 1 atom stereocenters. The molecule has 0 radical (unpaired) electrons. The van der Waals surface area contributed by atoms with Crippen molar-refractivity contribution in [2.24, 2.45) is 4.99 Å². The number of hydrogen-bond acceptors (Lipinski definition) is 4. The summed E-state index contributed by atoms with van der Waals surface area (Å²) >= 11 is 0.943. The number of nitrogens with zero attached hydrogens (tertiary/aromatic N) is 2. The molecule has 180 valence electrons. The molecule has 0 saturated carbocycles. The highest BCUT2D eigenvalue weighted by Gasteiger charge is 2.36. The molecule has 0 aromatic heterocycles. The molecule has 4 rings (SSSR count). The van der Waals surface area contributed by atoms with E-state index >= 15 is 0 Å². The van der Waals surface area contributed by atoms with Gasteiger partial charge in [0.25, 0.3) is 0 Å². The molecular formula is C25H19F4N3O2S. The molecule has 10 heteroatoms. The van der Waals surface area contributed by atoms with Crippen LogP contribution >= 0.6 is 11.8 Å². The zero-order valence-electron chi connectivity index (χ0n) is 18.1. The van der Waals surface area contributed by atoms with Gasteiger partial charge in [0, 0.05) is 6.42 Å². The molecule has 3 aromatic carbocycles. The van der Waals surface area contributed by atoms with Crippen LogP contribution in [0.1, 0.15) is 17.5 Å². The molecule has 1 unspecified atom stereocenters. The third kappa shape index (κ3) is 6.07. The van der Waals surface area contributed by atoms with E-state index in [2.05, 4.69) is 10.3 Å². The Hall–Kier alpha value is -3.66. The second-order valence-electron chi connectivity index (χ2n) is 7.69. The Balaban J connectivity index is 1.65. The van der Waals surface area contributed by atoms with Crippen molar-refractivity contribution in [3.05, 3.63) is 95.8 Å². The largest absolute Gasteiger partial charge is 0.416 e. The van der Waals surface area contributed by atoms with Crippen LogP contribution in [-0.4, -0.2) is 27.1 Å². The van der Waals surface area contributed by atoms with Crippen LogP contribution in [0.4, 0.5) is 28.9 Å². The molecular weight excluding hydrogens is 482 g/mol. The van der Waals surface area contributed by atoms with Gasteiger partial charge in [0.2, 0.25) is 11.8 Å². The smallest absolute Gasteiger partial charge is 0.323 e. The van der Waals surface area contributed by atoms with Crippen LogP contribution in [0.15, 0.2) is 83.9 Å². The lowest BCUT2D eigenvalue weighted by Gasteiger charge is -2.32. The maximum absolute atomic E-state index is 14.0. The first kappa shape index (κ1) is 24.5. The highest BCUT2D eigenvalue weighted by Crippen LogP contribution is 2.34. The molecule has 0 spiro atoms. The predicted molar refractivity (Wildman–Crippen MR) is 127 cm³/mol. The second kappa shape index (κ2) is 10.3. The first-order valence-corrected chi connectivity index (χ1v) is 11.4. The van der Waals surface area contributed by atoms with Gasteiger partial charge in [-0.2, -0.15) is 13.2 Å². The van der Waals surface area contributed by atoms with Gasteiger partial charge in [-0.3, -0.25) is 14.5 Å². The normalized spacial score (nSPS) is 17.5. The lowest BCUT2D eigenvalue weighted by molar-refractivity contribution is -0.137. The highest BCUT2D eigenvalue weighted by atomic mass is 32.2. The van der Waals surface area contributed by atoms with E-state index in [0.717, 1.165) is 29.5 Å². The Labute approximate surface area is 202 Å². The maximum atomic E-state index is 14.0. The Morgan fingerprint density at radius 3 is 2.46 bits per heavy atom. The molecule has 5 nitrogen and oxygen atoms in total. The van der Waals surface area contributed by atoms with Crippen molar-refractivity contribution in [1.29, 1.82) is 0 Å². The summed E-state index contributed by atoms with van der Waals surface area (Å²) in [5.74, 6) is -1.66. The number of carbonyl (C=O) groups is 2. The SMILES string of the molecule is O=C(Nc1ccccc1F)C1CC(=O)N(Cc2ccccc2)C(=Nc2cccc(C(F)(F)F)c2)S1. The number of anilines is 1. The Morgan fingerprint density at radius 1 is 1.03 bits per heavy atom. The Morgan fingerprint density at radius 2 is 1.74 bits per heavy atom. The maximum Gasteiger partial charge on any atom is 0.416 e. The summed E-state index contributed by atoms with van der Waals surface area (Å²) in [4.78, 5) is 31.5. The monoisotopic (exact) mass is 501 g/mol. The molecule has 2 amide bonds. The molecule has 3 aromatic rings. The number of rotatable bonds is 5. The minimum atomic E-state index is -4.56. The van der Waals surface area contributed by atoms with Crippen LogP contribution in [0, 0.1) is 5.82 Å². The van der Waals surface area contributed by atoms with Crippen molar-refractivity contribution in [2.75, 3.05) is 5.32 Å². The van der Waals surface area contributed by atoms with Gasteiger partial charge in [-0.05, 0) is 35.9 Å². The van der Waals surface area contributed by atoms with Crippen molar-refractivity contribution in [3.63, 3.8) is 0 Å². The van der Waals surface area contributed by atoms with Gasteiger partial charge in [-0.1, -0.05) is 60.3 Å². The first-order valence-electron chi connectivity index (χ1n) is 10.5. The number of amidine groups is 1. The number of nitrogens with one attached hydrogen (secondary N) is 1. The zero-order valence-corrected chi connectivity index (χ0v) is 18.9. The van der Waals surface area contributed by atoms with Crippen molar-refractivity contribution in [2.45, 2.75) is 24.4 Å². The number of benzene rings is 3. The van der Waals surface area contributed by atoms with Crippen molar-refractivity contribution in [1.82, 2.24) is 4.90 Å². The van der Waals surface area contributed by atoms with E-state index in [1.54, 1.807) is 30.3 Å². The molecule has 1 heterocycles. The summed E-state index contributed by atoms with van der Waals surface area (Å²) in [6.45, 7) is 0.131. The zero-order chi connectivity index (χ0) is 25.0. The summed E-state index contributed by atoms with van der Waals surface area (Å²) in [5.41, 5.74) is -0.139.